The lowest BCUT2D eigenvalue weighted by molar-refractivity contribution is 0.104. The van der Waals surface area contributed by atoms with Crippen LogP contribution in [0.2, 0.25) is 0 Å². The largest absolute Gasteiger partial charge is 0.491 e. The van der Waals surface area contributed by atoms with Crippen LogP contribution in [-0.2, 0) is 0 Å². The Morgan fingerprint density at radius 2 is 1.89 bits per heavy atom. The fourth-order valence-corrected chi connectivity index (χ4v) is 2.01. The van der Waals surface area contributed by atoms with Gasteiger partial charge in [-0.2, -0.15) is 0 Å². The Morgan fingerprint density at radius 1 is 1.21 bits per heavy atom. The van der Waals surface area contributed by atoms with Crippen LogP contribution in [0, 0.1) is 6.92 Å². The second-order valence-electron chi connectivity index (χ2n) is 5.70. The number of aliphatic hydroxyl groups is 1. The van der Waals surface area contributed by atoms with Crippen molar-refractivity contribution < 1.29 is 9.84 Å². The number of hydrogen-bond donors (Lipinski definition) is 2. The zero-order valence-electron chi connectivity index (χ0n) is 12.7. The minimum atomic E-state index is -0.479. The fraction of sp³-hybridized carbons (Fsp3) is 0.625. The number of nitrogens with one attached hydrogen (secondary N) is 1. The summed E-state index contributed by atoms with van der Waals surface area (Å²) >= 11 is 0. The number of rotatable bonds is 7. The van der Waals surface area contributed by atoms with Gasteiger partial charge in [-0.05, 0) is 36.1 Å². The molecule has 1 aromatic rings. The minimum Gasteiger partial charge on any atom is -0.491 e. The summed E-state index contributed by atoms with van der Waals surface area (Å²) in [5, 5.41) is 13.0. The van der Waals surface area contributed by atoms with Crippen LogP contribution in [0.25, 0.3) is 0 Å². The molecule has 1 rings (SSSR count). The van der Waals surface area contributed by atoms with Gasteiger partial charge in [0.05, 0.1) is 0 Å². The maximum absolute atomic E-state index is 9.78. The maximum Gasteiger partial charge on any atom is 0.119 e. The lowest BCUT2D eigenvalue weighted by atomic mass is 9.98. The highest BCUT2D eigenvalue weighted by atomic mass is 16.5. The zero-order valence-corrected chi connectivity index (χ0v) is 12.7. The van der Waals surface area contributed by atoms with E-state index in [1.165, 1.54) is 11.1 Å². The molecule has 3 heteroatoms. The van der Waals surface area contributed by atoms with Gasteiger partial charge in [0, 0.05) is 12.6 Å². The Labute approximate surface area is 117 Å². The first-order valence-corrected chi connectivity index (χ1v) is 7.05. The molecule has 0 bridgehead atoms. The Kier molecular flexibility index (Phi) is 6.32. The van der Waals surface area contributed by atoms with Crippen LogP contribution >= 0.6 is 0 Å². The third-order valence-corrected chi connectivity index (χ3v) is 3.07. The molecule has 0 amide bonds. The van der Waals surface area contributed by atoms with Crippen molar-refractivity contribution in [3.63, 3.8) is 0 Å². The molecule has 0 aromatic heterocycles. The summed E-state index contributed by atoms with van der Waals surface area (Å²) in [5.74, 6) is 1.35. The summed E-state index contributed by atoms with van der Waals surface area (Å²) in [7, 11) is 0. The van der Waals surface area contributed by atoms with Gasteiger partial charge in [0.2, 0.25) is 0 Å². The topological polar surface area (TPSA) is 41.5 Å². The quantitative estimate of drug-likeness (QED) is 0.796. The van der Waals surface area contributed by atoms with Gasteiger partial charge in [0.1, 0.15) is 18.5 Å². The van der Waals surface area contributed by atoms with Crippen LogP contribution in [0.15, 0.2) is 18.2 Å². The monoisotopic (exact) mass is 265 g/mol. The van der Waals surface area contributed by atoms with Crippen molar-refractivity contribution in [3.8, 4) is 5.75 Å². The van der Waals surface area contributed by atoms with Gasteiger partial charge < -0.3 is 15.2 Å². The van der Waals surface area contributed by atoms with E-state index in [0.717, 1.165) is 5.75 Å². The number of hydrogen-bond acceptors (Lipinski definition) is 3. The number of aryl methyl sites for hydroxylation is 1. The first-order chi connectivity index (χ1) is 8.90. The molecule has 1 unspecified atom stereocenters. The summed E-state index contributed by atoms with van der Waals surface area (Å²) in [6.07, 6.45) is -0.479. The van der Waals surface area contributed by atoms with E-state index in [0.29, 0.717) is 25.1 Å². The number of aliphatic hydroxyl groups excluding tert-OH is 1. The first kappa shape index (κ1) is 16.0. The molecule has 0 spiro atoms. The molecule has 1 atom stereocenters. The van der Waals surface area contributed by atoms with Gasteiger partial charge in [-0.15, -0.1) is 0 Å². The zero-order chi connectivity index (χ0) is 14.4. The molecule has 0 radical (unpaired) electrons. The predicted molar refractivity (Wildman–Crippen MR) is 79.9 cm³/mol. The van der Waals surface area contributed by atoms with Crippen molar-refractivity contribution >= 4 is 0 Å². The summed E-state index contributed by atoms with van der Waals surface area (Å²) < 4.78 is 5.63. The second kappa shape index (κ2) is 7.51. The molecular weight excluding hydrogens is 238 g/mol. The molecule has 0 aliphatic rings. The first-order valence-electron chi connectivity index (χ1n) is 7.05. The van der Waals surface area contributed by atoms with E-state index in [2.05, 4.69) is 46.0 Å². The maximum atomic E-state index is 9.78. The smallest absolute Gasteiger partial charge is 0.119 e. The minimum absolute atomic E-state index is 0.320. The van der Waals surface area contributed by atoms with Crippen LogP contribution in [0.1, 0.15) is 44.7 Å². The standard InChI is InChI=1S/C16H27NO2/c1-11(2)16-7-6-15(8-13(16)5)19-10-14(18)9-17-12(3)4/h6-8,11-12,14,17-18H,9-10H2,1-5H3. The van der Waals surface area contributed by atoms with Crippen LogP contribution in [0.5, 0.6) is 5.75 Å². The molecule has 0 fully saturated rings. The summed E-state index contributed by atoms with van der Waals surface area (Å²) in [6, 6.07) is 6.50. The molecular formula is C16H27NO2. The van der Waals surface area contributed by atoms with Crippen LogP contribution in [0.4, 0.5) is 0 Å². The van der Waals surface area contributed by atoms with Gasteiger partial charge in [0.15, 0.2) is 0 Å². The van der Waals surface area contributed by atoms with E-state index in [4.69, 9.17) is 4.74 Å². The fourth-order valence-electron chi connectivity index (χ4n) is 2.01. The molecule has 108 valence electrons. The molecule has 0 aliphatic carbocycles. The van der Waals surface area contributed by atoms with E-state index >= 15 is 0 Å². The van der Waals surface area contributed by atoms with Gasteiger partial charge in [-0.3, -0.25) is 0 Å². The number of ether oxygens (including phenoxy) is 1. The van der Waals surface area contributed by atoms with Crippen LogP contribution in [-0.4, -0.2) is 30.4 Å². The SMILES string of the molecule is Cc1cc(OCC(O)CNC(C)C)ccc1C(C)C. The average molecular weight is 265 g/mol. The number of benzene rings is 1. The van der Waals surface area contributed by atoms with Crippen molar-refractivity contribution in [2.75, 3.05) is 13.2 Å². The normalized spacial score (nSPS) is 13.1. The molecule has 3 nitrogen and oxygen atoms in total. The molecule has 1 aromatic carbocycles. The molecule has 0 heterocycles. The van der Waals surface area contributed by atoms with Crippen molar-refractivity contribution in [1.82, 2.24) is 5.32 Å². The molecule has 0 aliphatic heterocycles. The predicted octanol–water partition coefficient (Wildman–Crippen LogP) is 2.86. The van der Waals surface area contributed by atoms with Gasteiger partial charge in [0.25, 0.3) is 0 Å². The Hall–Kier alpha value is -1.06. The average Bonchev–Trinajstić information content (AvgIpc) is 2.33. The molecule has 0 saturated carbocycles. The second-order valence-corrected chi connectivity index (χ2v) is 5.70. The van der Waals surface area contributed by atoms with E-state index < -0.39 is 6.10 Å². The van der Waals surface area contributed by atoms with Gasteiger partial charge >= 0.3 is 0 Å². The summed E-state index contributed by atoms with van der Waals surface area (Å²) in [6.45, 7) is 11.5. The van der Waals surface area contributed by atoms with Gasteiger partial charge in [-0.25, -0.2) is 0 Å². The van der Waals surface area contributed by atoms with Crippen LogP contribution in [0.3, 0.4) is 0 Å². The summed E-state index contributed by atoms with van der Waals surface area (Å²) in [5.41, 5.74) is 2.58. The van der Waals surface area contributed by atoms with E-state index in [9.17, 15) is 5.11 Å². The Balaban J connectivity index is 2.47. The van der Waals surface area contributed by atoms with Crippen molar-refractivity contribution in [1.29, 1.82) is 0 Å². The van der Waals surface area contributed by atoms with Crippen molar-refractivity contribution in [2.45, 2.75) is 52.7 Å². The lowest BCUT2D eigenvalue weighted by Gasteiger charge is -2.16. The van der Waals surface area contributed by atoms with E-state index in [1.807, 2.05) is 12.1 Å². The molecule has 19 heavy (non-hydrogen) atoms. The third-order valence-electron chi connectivity index (χ3n) is 3.07. The molecule has 0 saturated heterocycles. The lowest BCUT2D eigenvalue weighted by Crippen LogP contribution is -2.35. The van der Waals surface area contributed by atoms with E-state index in [-0.39, 0.29) is 0 Å². The molecule has 2 N–H and O–H groups in total. The third kappa shape index (κ3) is 5.62. The van der Waals surface area contributed by atoms with Crippen LogP contribution < -0.4 is 10.1 Å². The highest BCUT2D eigenvalue weighted by Gasteiger charge is 2.08. The Bertz CT molecular complexity index is 388. The van der Waals surface area contributed by atoms with E-state index in [1.54, 1.807) is 0 Å². The summed E-state index contributed by atoms with van der Waals surface area (Å²) in [4.78, 5) is 0. The van der Waals surface area contributed by atoms with Crippen molar-refractivity contribution in [3.05, 3.63) is 29.3 Å². The van der Waals surface area contributed by atoms with Gasteiger partial charge in [-0.1, -0.05) is 33.8 Å². The highest BCUT2D eigenvalue weighted by molar-refractivity contribution is 5.36. The Morgan fingerprint density at radius 3 is 2.42 bits per heavy atom. The van der Waals surface area contributed by atoms with Crippen molar-refractivity contribution in [2.24, 2.45) is 0 Å². The highest BCUT2D eigenvalue weighted by Crippen LogP contribution is 2.23.